The van der Waals surface area contributed by atoms with E-state index in [1.165, 1.54) is 0 Å². The molecule has 2 unspecified atom stereocenters. The molecular weight excluding hydrogens is 270 g/mol. The normalized spacial score (nSPS) is 14.3. The molecule has 0 spiro atoms. The van der Waals surface area contributed by atoms with E-state index < -0.39 is 29.4 Å². The molecule has 0 saturated heterocycles. The average Bonchev–Trinajstić information content (AvgIpc) is 2.41. The molecule has 1 rings (SSSR count). The molecule has 5 nitrogen and oxygen atoms in total. The smallest absolute Gasteiger partial charge is 0.326 e. The lowest BCUT2D eigenvalue weighted by molar-refractivity contribution is -0.147. The van der Waals surface area contributed by atoms with E-state index in [-0.39, 0.29) is 0 Å². The molecule has 1 amide bonds. The summed E-state index contributed by atoms with van der Waals surface area (Å²) >= 11 is 0. The van der Waals surface area contributed by atoms with Crippen LogP contribution in [-0.2, 0) is 20.9 Å². The second-order valence-electron chi connectivity index (χ2n) is 6.08. The van der Waals surface area contributed by atoms with Crippen LogP contribution in [0.4, 0.5) is 0 Å². The van der Waals surface area contributed by atoms with Gasteiger partial charge < -0.3 is 15.2 Å². The van der Waals surface area contributed by atoms with Crippen LogP contribution in [0.15, 0.2) is 30.3 Å². The molecule has 2 N–H and O–H groups in total. The number of amides is 1. The van der Waals surface area contributed by atoms with Gasteiger partial charge in [0.25, 0.3) is 0 Å². The van der Waals surface area contributed by atoms with Crippen molar-refractivity contribution in [1.29, 1.82) is 0 Å². The Balaban J connectivity index is 2.56. The summed E-state index contributed by atoms with van der Waals surface area (Å²) in [6, 6.07) is 8.54. The van der Waals surface area contributed by atoms with Crippen molar-refractivity contribution in [2.24, 2.45) is 5.41 Å². The van der Waals surface area contributed by atoms with Gasteiger partial charge in [0.05, 0.1) is 6.61 Å². The Hall–Kier alpha value is -1.88. The molecule has 0 bridgehead atoms. The van der Waals surface area contributed by atoms with Gasteiger partial charge in [0, 0.05) is 0 Å². The lowest BCUT2D eigenvalue weighted by Gasteiger charge is -2.28. The zero-order chi connectivity index (χ0) is 16.0. The van der Waals surface area contributed by atoms with Crippen LogP contribution in [0.25, 0.3) is 0 Å². The van der Waals surface area contributed by atoms with E-state index in [4.69, 9.17) is 4.74 Å². The highest BCUT2D eigenvalue weighted by atomic mass is 16.5. The zero-order valence-corrected chi connectivity index (χ0v) is 12.9. The molecule has 0 fully saturated rings. The van der Waals surface area contributed by atoms with Gasteiger partial charge in [-0.15, -0.1) is 0 Å². The third-order valence-corrected chi connectivity index (χ3v) is 3.11. The van der Waals surface area contributed by atoms with Crippen molar-refractivity contribution >= 4 is 11.9 Å². The van der Waals surface area contributed by atoms with Crippen LogP contribution in [0.1, 0.15) is 33.3 Å². The summed E-state index contributed by atoms with van der Waals surface area (Å²) in [5.41, 5.74) is 0.392. The van der Waals surface area contributed by atoms with Gasteiger partial charge in [0.15, 0.2) is 0 Å². The summed E-state index contributed by atoms with van der Waals surface area (Å²) in [6.45, 7) is 7.22. The van der Waals surface area contributed by atoms with Gasteiger partial charge in [0.2, 0.25) is 5.91 Å². The summed E-state index contributed by atoms with van der Waals surface area (Å²) in [5, 5.41) is 11.7. The van der Waals surface area contributed by atoms with Crippen LogP contribution in [0, 0.1) is 5.41 Å². The molecule has 0 saturated carbocycles. The number of nitrogens with one attached hydrogen (secondary N) is 1. The molecule has 0 heterocycles. The molecule has 0 aliphatic rings. The van der Waals surface area contributed by atoms with Crippen LogP contribution < -0.4 is 5.32 Å². The lowest BCUT2D eigenvalue weighted by Crippen LogP contribution is -2.51. The van der Waals surface area contributed by atoms with E-state index in [0.29, 0.717) is 6.61 Å². The topological polar surface area (TPSA) is 75.6 Å². The Kier molecular flexibility index (Phi) is 5.90. The van der Waals surface area contributed by atoms with Gasteiger partial charge in [-0.1, -0.05) is 51.1 Å². The zero-order valence-electron chi connectivity index (χ0n) is 12.9. The van der Waals surface area contributed by atoms with Gasteiger partial charge >= 0.3 is 5.97 Å². The van der Waals surface area contributed by atoms with E-state index in [1.54, 1.807) is 27.7 Å². The number of carbonyl (C=O) groups excluding carboxylic acids is 1. The Bertz CT molecular complexity index is 479. The number of ether oxygens (including phenoxy) is 1. The molecule has 0 aliphatic carbocycles. The number of hydrogen-bond donors (Lipinski definition) is 2. The minimum atomic E-state index is -1.05. The van der Waals surface area contributed by atoms with Gasteiger partial charge in [-0.2, -0.15) is 0 Å². The Morgan fingerprint density at radius 2 is 1.81 bits per heavy atom. The van der Waals surface area contributed by atoms with E-state index in [9.17, 15) is 14.7 Å². The van der Waals surface area contributed by atoms with E-state index in [2.05, 4.69) is 5.32 Å². The van der Waals surface area contributed by atoms with Crippen molar-refractivity contribution in [3.63, 3.8) is 0 Å². The number of rotatable bonds is 6. The molecule has 0 radical (unpaired) electrons. The number of aliphatic carboxylic acids is 1. The third kappa shape index (κ3) is 5.55. The van der Waals surface area contributed by atoms with E-state index in [1.807, 2.05) is 30.3 Å². The second kappa shape index (κ2) is 7.22. The number of hydrogen-bond acceptors (Lipinski definition) is 3. The summed E-state index contributed by atoms with van der Waals surface area (Å²) in [7, 11) is 0. The Labute approximate surface area is 125 Å². The molecule has 0 aliphatic heterocycles. The minimum absolute atomic E-state index is 0.308. The standard InChI is InChI=1S/C16H23NO4/c1-11(21-10-12-8-6-5-7-9-12)14(18)17-13(15(19)20)16(2,3)4/h5-9,11,13H,10H2,1-4H3,(H,17,18)(H,19,20). The van der Waals surface area contributed by atoms with Gasteiger partial charge in [-0.25, -0.2) is 4.79 Å². The molecule has 1 aromatic carbocycles. The highest BCUT2D eigenvalue weighted by molar-refractivity contribution is 5.86. The van der Waals surface area contributed by atoms with Crippen LogP contribution in [0.5, 0.6) is 0 Å². The van der Waals surface area contributed by atoms with Crippen molar-refractivity contribution in [3.8, 4) is 0 Å². The molecule has 5 heteroatoms. The first-order valence-corrected chi connectivity index (χ1v) is 6.90. The van der Waals surface area contributed by atoms with Crippen LogP contribution >= 0.6 is 0 Å². The summed E-state index contributed by atoms with van der Waals surface area (Å²) in [6.07, 6.45) is -0.714. The first kappa shape index (κ1) is 17.2. The maximum atomic E-state index is 12.0. The predicted octanol–water partition coefficient (Wildman–Crippen LogP) is 2.21. The Morgan fingerprint density at radius 3 is 2.29 bits per heavy atom. The fourth-order valence-electron chi connectivity index (χ4n) is 1.78. The monoisotopic (exact) mass is 293 g/mol. The van der Waals surface area contributed by atoms with Crippen LogP contribution in [-0.4, -0.2) is 29.1 Å². The molecule has 116 valence electrons. The molecule has 2 atom stereocenters. The van der Waals surface area contributed by atoms with Crippen molar-refractivity contribution in [1.82, 2.24) is 5.32 Å². The first-order valence-electron chi connectivity index (χ1n) is 6.90. The maximum absolute atomic E-state index is 12.0. The van der Waals surface area contributed by atoms with Crippen molar-refractivity contribution < 1.29 is 19.4 Å². The van der Waals surface area contributed by atoms with Gasteiger partial charge in [-0.05, 0) is 17.9 Å². The summed E-state index contributed by atoms with van der Waals surface area (Å²) in [5.74, 6) is -1.47. The van der Waals surface area contributed by atoms with E-state index in [0.717, 1.165) is 5.56 Å². The Morgan fingerprint density at radius 1 is 1.24 bits per heavy atom. The summed E-state index contributed by atoms with van der Waals surface area (Å²) < 4.78 is 5.48. The minimum Gasteiger partial charge on any atom is -0.480 e. The summed E-state index contributed by atoms with van der Waals surface area (Å²) in [4.78, 5) is 23.3. The fourth-order valence-corrected chi connectivity index (χ4v) is 1.78. The number of carboxylic acids is 1. The molecular formula is C16H23NO4. The number of benzene rings is 1. The van der Waals surface area contributed by atoms with Gasteiger partial charge in [0.1, 0.15) is 12.1 Å². The average molecular weight is 293 g/mol. The van der Waals surface area contributed by atoms with Crippen LogP contribution in [0.3, 0.4) is 0 Å². The fraction of sp³-hybridized carbons (Fsp3) is 0.500. The molecule has 21 heavy (non-hydrogen) atoms. The SMILES string of the molecule is CC(OCc1ccccc1)C(=O)NC(C(=O)O)C(C)(C)C. The second-order valence-corrected chi connectivity index (χ2v) is 6.08. The lowest BCUT2D eigenvalue weighted by atomic mass is 9.86. The number of carbonyl (C=O) groups is 2. The van der Waals surface area contributed by atoms with Crippen LogP contribution in [0.2, 0.25) is 0 Å². The highest BCUT2D eigenvalue weighted by Crippen LogP contribution is 2.19. The molecule has 0 aromatic heterocycles. The van der Waals surface area contributed by atoms with Crippen molar-refractivity contribution in [2.75, 3.05) is 0 Å². The van der Waals surface area contributed by atoms with E-state index >= 15 is 0 Å². The quantitative estimate of drug-likeness (QED) is 0.843. The first-order chi connectivity index (χ1) is 9.71. The maximum Gasteiger partial charge on any atom is 0.326 e. The highest BCUT2D eigenvalue weighted by Gasteiger charge is 2.33. The van der Waals surface area contributed by atoms with Crippen molar-refractivity contribution in [3.05, 3.63) is 35.9 Å². The van der Waals surface area contributed by atoms with Crippen molar-refractivity contribution in [2.45, 2.75) is 46.4 Å². The molecule has 1 aromatic rings. The van der Waals surface area contributed by atoms with Gasteiger partial charge in [-0.3, -0.25) is 4.79 Å². The largest absolute Gasteiger partial charge is 0.480 e. The third-order valence-electron chi connectivity index (χ3n) is 3.11. The predicted molar refractivity (Wildman–Crippen MR) is 79.7 cm³/mol. The number of carboxylic acid groups (broad SMARTS) is 1.